The van der Waals surface area contributed by atoms with Gasteiger partial charge in [-0.15, -0.1) is 0 Å². The topological polar surface area (TPSA) is 35.3 Å². The highest BCUT2D eigenvalue weighted by molar-refractivity contribution is 7.99. The average molecular weight is 336 g/mol. The van der Waals surface area contributed by atoms with Gasteiger partial charge in [0.2, 0.25) is 0 Å². The van der Waals surface area contributed by atoms with E-state index < -0.39 is 9.04 Å². The highest BCUT2D eigenvalue weighted by Gasteiger charge is 2.33. The van der Waals surface area contributed by atoms with Crippen LogP contribution in [0.5, 0.6) is 0 Å². The van der Waals surface area contributed by atoms with E-state index in [1.165, 1.54) is 0 Å². The zero-order valence-corrected chi connectivity index (χ0v) is 16.2. The highest BCUT2D eigenvalue weighted by Crippen LogP contribution is 2.40. The zero-order valence-electron chi connectivity index (χ0n) is 14.2. The molecule has 1 unspecified atom stereocenters. The predicted molar refractivity (Wildman–Crippen MR) is 94.0 cm³/mol. The van der Waals surface area contributed by atoms with Crippen molar-refractivity contribution in [1.82, 2.24) is 4.98 Å². The first-order valence-corrected chi connectivity index (χ1v) is 11.2. The number of hydrogen-bond acceptors (Lipinski definition) is 4. The van der Waals surface area contributed by atoms with Crippen LogP contribution in [-0.2, 0) is 4.43 Å². The quantitative estimate of drug-likeness (QED) is 0.702. The van der Waals surface area contributed by atoms with Crippen LogP contribution < -0.4 is 0 Å². The van der Waals surface area contributed by atoms with Crippen LogP contribution in [0.3, 0.4) is 0 Å². The Kier molecular flexibility index (Phi) is 5.53. The molecule has 5 heteroatoms. The van der Waals surface area contributed by atoms with Crippen LogP contribution in [0, 0.1) is 12.3 Å². The minimum Gasteiger partial charge on any atom is -0.433 e. The Balaban J connectivity index is 2.27. The van der Waals surface area contributed by atoms with Crippen LogP contribution in [0.4, 0.5) is 0 Å². The van der Waals surface area contributed by atoms with Gasteiger partial charge >= 0.3 is 0 Å². The van der Waals surface area contributed by atoms with Crippen molar-refractivity contribution in [2.24, 2.45) is 5.41 Å². The third-order valence-electron chi connectivity index (χ3n) is 3.19. The fourth-order valence-corrected chi connectivity index (χ4v) is 4.08. The maximum atomic E-state index is 6.24. The van der Waals surface area contributed by atoms with E-state index in [4.69, 9.17) is 8.84 Å². The molecule has 0 N–H and O–H groups in total. The molecule has 3 nitrogen and oxygen atoms in total. The lowest BCUT2D eigenvalue weighted by atomic mass is 9.87. The van der Waals surface area contributed by atoms with Gasteiger partial charge in [0.1, 0.15) is 6.10 Å². The van der Waals surface area contributed by atoms with E-state index in [9.17, 15) is 0 Å². The van der Waals surface area contributed by atoms with E-state index in [-0.39, 0.29) is 11.5 Å². The fraction of sp³-hybridized carbons (Fsp3) is 0.471. The Hall–Kier alpha value is -1.04. The maximum absolute atomic E-state index is 6.24. The van der Waals surface area contributed by atoms with Gasteiger partial charge in [-0.2, -0.15) is 0 Å². The second-order valence-corrected chi connectivity index (χ2v) is 10.2. The first-order valence-electron chi connectivity index (χ1n) is 7.63. The predicted octanol–water partition coefficient (Wildman–Crippen LogP) is 5.22. The Morgan fingerprint density at radius 1 is 1.18 bits per heavy atom. The van der Waals surface area contributed by atoms with E-state index >= 15 is 0 Å². The van der Waals surface area contributed by atoms with Crippen molar-refractivity contribution in [3.05, 3.63) is 41.8 Å². The van der Waals surface area contributed by atoms with Gasteiger partial charge < -0.3 is 8.84 Å². The summed E-state index contributed by atoms with van der Waals surface area (Å²) < 4.78 is 12.3. The molecule has 1 aromatic carbocycles. The second kappa shape index (κ2) is 7.02. The fourth-order valence-electron chi connectivity index (χ4n) is 2.19. The van der Waals surface area contributed by atoms with E-state index in [0.29, 0.717) is 5.22 Å². The molecule has 0 aliphatic rings. The smallest absolute Gasteiger partial charge is 0.261 e. The molecule has 120 valence electrons. The molecule has 2 rings (SSSR count). The largest absolute Gasteiger partial charge is 0.433 e. The van der Waals surface area contributed by atoms with Crippen LogP contribution >= 0.6 is 11.8 Å². The molecule has 0 saturated carbocycles. The van der Waals surface area contributed by atoms with E-state index in [0.717, 1.165) is 16.3 Å². The van der Waals surface area contributed by atoms with Crippen molar-refractivity contribution in [1.29, 1.82) is 0 Å². The van der Waals surface area contributed by atoms with Crippen LogP contribution in [0.25, 0.3) is 0 Å². The molecule has 1 atom stereocenters. The SMILES string of the molecule is Cc1nc(Sc2ccccc2)oc1C(O[SiH](C)C)C(C)(C)C. The number of aromatic nitrogens is 1. The van der Waals surface area contributed by atoms with Gasteiger partial charge in [-0.25, -0.2) is 4.98 Å². The minimum atomic E-state index is -1.17. The van der Waals surface area contributed by atoms with Gasteiger partial charge in [-0.3, -0.25) is 0 Å². The van der Waals surface area contributed by atoms with Crippen molar-refractivity contribution in [3.63, 3.8) is 0 Å². The Bertz CT molecular complexity index is 605. The minimum absolute atomic E-state index is 0.0176. The lowest BCUT2D eigenvalue weighted by Gasteiger charge is -2.31. The Labute approximate surface area is 139 Å². The normalized spacial score (nSPS) is 13.6. The third kappa shape index (κ3) is 4.48. The van der Waals surface area contributed by atoms with Crippen molar-refractivity contribution in [3.8, 4) is 0 Å². The summed E-state index contributed by atoms with van der Waals surface area (Å²) >= 11 is 1.55. The summed E-state index contributed by atoms with van der Waals surface area (Å²) in [6.07, 6.45) is -0.0446. The molecule has 0 saturated heterocycles. The highest BCUT2D eigenvalue weighted by atomic mass is 32.2. The molecule has 0 aliphatic heterocycles. The summed E-state index contributed by atoms with van der Waals surface area (Å²) in [5.74, 6) is 0.868. The van der Waals surface area contributed by atoms with Crippen molar-refractivity contribution in [2.75, 3.05) is 0 Å². The number of hydrogen-bond donors (Lipinski definition) is 0. The summed E-state index contributed by atoms with van der Waals surface area (Å²) in [6, 6.07) is 10.2. The van der Waals surface area contributed by atoms with Gasteiger partial charge in [0, 0.05) is 4.90 Å². The van der Waals surface area contributed by atoms with Gasteiger partial charge in [-0.1, -0.05) is 39.0 Å². The molecule has 2 aromatic rings. The lowest BCUT2D eigenvalue weighted by molar-refractivity contribution is 0.0621. The molecular formula is C17H25NO2SSi. The van der Waals surface area contributed by atoms with Crippen LogP contribution in [0.1, 0.15) is 38.3 Å². The second-order valence-electron chi connectivity index (χ2n) is 6.78. The number of rotatable bonds is 5. The number of benzene rings is 1. The number of oxazole rings is 1. The summed E-state index contributed by atoms with van der Waals surface area (Å²) in [7, 11) is -1.17. The van der Waals surface area contributed by atoms with Crippen molar-refractivity contribution < 1.29 is 8.84 Å². The number of nitrogens with zero attached hydrogens (tertiary/aromatic N) is 1. The number of aryl methyl sites for hydroxylation is 1. The van der Waals surface area contributed by atoms with Crippen LogP contribution in [0.2, 0.25) is 13.1 Å². The van der Waals surface area contributed by atoms with Gasteiger partial charge in [0.05, 0.1) is 5.69 Å². The molecule has 0 aliphatic carbocycles. The Morgan fingerprint density at radius 3 is 2.36 bits per heavy atom. The van der Waals surface area contributed by atoms with Gasteiger partial charge in [0.15, 0.2) is 14.8 Å². The molecule has 22 heavy (non-hydrogen) atoms. The van der Waals surface area contributed by atoms with Crippen molar-refractivity contribution >= 4 is 20.8 Å². The summed E-state index contributed by atoms with van der Waals surface area (Å²) in [5.41, 5.74) is 0.906. The standard InChI is InChI=1S/C17H25NO2SSi/c1-12-14(15(17(2,3)4)20-22(5)6)19-16(18-12)21-13-10-8-7-9-11-13/h7-11,15,22H,1-6H3. The summed E-state index contributed by atoms with van der Waals surface area (Å²) in [4.78, 5) is 5.71. The maximum Gasteiger partial charge on any atom is 0.261 e. The van der Waals surface area contributed by atoms with E-state index in [1.54, 1.807) is 11.8 Å². The molecule has 0 radical (unpaired) electrons. The van der Waals surface area contributed by atoms with Crippen LogP contribution in [0.15, 0.2) is 44.9 Å². The summed E-state index contributed by atoms with van der Waals surface area (Å²) in [6.45, 7) is 12.9. The monoisotopic (exact) mass is 335 g/mol. The average Bonchev–Trinajstić information content (AvgIpc) is 2.76. The molecule has 1 aromatic heterocycles. The molecule has 0 amide bonds. The van der Waals surface area contributed by atoms with E-state index in [1.807, 2.05) is 25.1 Å². The van der Waals surface area contributed by atoms with E-state index in [2.05, 4.69) is 51.0 Å². The van der Waals surface area contributed by atoms with Crippen LogP contribution in [-0.4, -0.2) is 14.0 Å². The summed E-state index contributed by atoms with van der Waals surface area (Å²) in [5, 5.41) is 0.682. The Morgan fingerprint density at radius 2 is 1.82 bits per heavy atom. The van der Waals surface area contributed by atoms with Gasteiger partial charge in [-0.05, 0) is 49.3 Å². The van der Waals surface area contributed by atoms with Gasteiger partial charge in [0.25, 0.3) is 5.22 Å². The lowest BCUT2D eigenvalue weighted by Crippen LogP contribution is -2.26. The molecule has 1 heterocycles. The first-order chi connectivity index (χ1) is 10.3. The third-order valence-corrected chi connectivity index (χ3v) is 4.87. The molecular weight excluding hydrogens is 310 g/mol. The first kappa shape index (κ1) is 17.3. The van der Waals surface area contributed by atoms with Crippen molar-refractivity contribution in [2.45, 2.75) is 57.0 Å². The molecule has 0 spiro atoms. The zero-order chi connectivity index (χ0) is 16.3. The molecule has 0 fully saturated rings. The molecule has 0 bridgehead atoms.